The molecule has 0 atom stereocenters. The minimum atomic E-state index is -1.15. The molecule has 19 heavy (non-hydrogen) atoms. The van der Waals surface area contributed by atoms with E-state index in [1.165, 1.54) is 13.0 Å². The van der Waals surface area contributed by atoms with Crippen LogP contribution in [0.1, 0.15) is 11.1 Å². The first kappa shape index (κ1) is 12.7. The third-order valence-corrected chi connectivity index (χ3v) is 2.90. The summed E-state index contributed by atoms with van der Waals surface area (Å²) in [4.78, 5) is 48.8. The lowest BCUT2D eigenvalue weighted by molar-refractivity contribution is -0.383. The topological polar surface area (TPSA) is 126 Å². The zero-order chi connectivity index (χ0) is 14.3. The summed E-state index contributed by atoms with van der Waals surface area (Å²) in [6, 6.07) is 1.42. The van der Waals surface area contributed by atoms with Crippen molar-refractivity contribution in [2.45, 2.75) is 13.8 Å². The molecule has 0 amide bonds. The van der Waals surface area contributed by atoms with Crippen molar-refractivity contribution < 1.29 is 4.92 Å². The van der Waals surface area contributed by atoms with Crippen LogP contribution in [0, 0.1) is 24.0 Å². The van der Waals surface area contributed by atoms with Gasteiger partial charge in [0, 0.05) is 5.56 Å². The van der Waals surface area contributed by atoms with Crippen LogP contribution in [0.15, 0.2) is 20.4 Å². The lowest BCUT2D eigenvalue weighted by Gasteiger charge is -2.03. The average Bonchev–Trinajstić information content (AvgIpc) is 2.40. The van der Waals surface area contributed by atoms with Crippen LogP contribution in [0.25, 0.3) is 10.9 Å². The van der Waals surface area contributed by atoms with Gasteiger partial charge in [0.15, 0.2) is 0 Å². The first-order chi connectivity index (χ1) is 8.82. The van der Waals surface area contributed by atoms with Gasteiger partial charge < -0.3 is 4.98 Å². The van der Waals surface area contributed by atoms with E-state index in [4.69, 9.17) is 0 Å². The van der Waals surface area contributed by atoms with Crippen molar-refractivity contribution in [1.82, 2.24) is 9.97 Å². The van der Waals surface area contributed by atoms with Gasteiger partial charge in [-0.1, -0.05) is 0 Å². The number of hydrogen-bond acceptors (Lipinski definition) is 5. The van der Waals surface area contributed by atoms with Gasteiger partial charge in [0.2, 0.25) is 0 Å². The molecule has 1 aromatic carbocycles. The Kier molecular flexibility index (Phi) is 2.78. The number of aromatic nitrogens is 2. The Hall–Kier alpha value is -2.77. The molecule has 0 fully saturated rings. The predicted molar refractivity (Wildman–Crippen MR) is 67.6 cm³/mol. The molecule has 8 nitrogen and oxygen atoms in total. The molecule has 0 unspecified atom stereocenters. The van der Waals surface area contributed by atoms with Crippen molar-refractivity contribution >= 4 is 16.6 Å². The van der Waals surface area contributed by atoms with Crippen molar-refractivity contribution in [2.24, 2.45) is 0 Å². The van der Waals surface area contributed by atoms with E-state index in [0.717, 1.165) is 0 Å². The van der Waals surface area contributed by atoms with Crippen molar-refractivity contribution in [3.8, 4) is 0 Å². The Morgan fingerprint density at radius 2 is 1.63 bits per heavy atom. The van der Waals surface area contributed by atoms with E-state index in [1.54, 1.807) is 11.9 Å². The third kappa shape index (κ3) is 1.92. The highest BCUT2D eigenvalue weighted by molar-refractivity contribution is 5.89. The van der Waals surface area contributed by atoms with Gasteiger partial charge in [-0.15, -0.1) is 0 Å². The Morgan fingerprint density at radius 3 is 2.21 bits per heavy atom. The van der Waals surface area contributed by atoms with E-state index >= 15 is 0 Å². The molecule has 0 aliphatic carbocycles. The van der Waals surface area contributed by atoms with Gasteiger partial charge in [-0.3, -0.25) is 29.5 Å². The van der Waals surface area contributed by atoms with Gasteiger partial charge in [0.25, 0.3) is 11.2 Å². The molecule has 2 N–H and O–H groups in total. The summed E-state index contributed by atoms with van der Waals surface area (Å²) < 4.78 is 0. The average molecular weight is 263 g/mol. The van der Waals surface area contributed by atoms with Crippen LogP contribution < -0.4 is 16.7 Å². The molecular weight excluding hydrogens is 254 g/mol. The van der Waals surface area contributed by atoms with Gasteiger partial charge in [0.1, 0.15) is 5.39 Å². The summed E-state index contributed by atoms with van der Waals surface area (Å²) in [5.74, 6) is 0. The monoisotopic (exact) mass is 263 g/mol. The van der Waals surface area contributed by atoms with Crippen molar-refractivity contribution in [3.05, 3.63) is 58.4 Å². The van der Waals surface area contributed by atoms with E-state index in [0.29, 0.717) is 11.1 Å². The number of nitrogens with one attached hydrogen (secondary N) is 2. The molecule has 2 aromatic rings. The molecule has 0 spiro atoms. The molecule has 0 aliphatic rings. The smallest absolute Gasteiger partial charge is 0.316 e. The van der Waals surface area contributed by atoms with E-state index in [-0.39, 0.29) is 10.9 Å². The normalized spacial score (nSPS) is 10.6. The first-order valence-corrected chi connectivity index (χ1v) is 5.28. The molecule has 0 saturated carbocycles. The number of fused-ring (bicyclic) bond motifs is 1. The number of nitro groups is 1. The maximum Gasteiger partial charge on any atom is 0.316 e. The molecule has 8 heteroatoms. The maximum atomic E-state index is 11.8. The Balaban J connectivity index is 3.28. The molecule has 0 aliphatic heterocycles. The highest BCUT2D eigenvalue weighted by Crippen LogP contribution is 2.27. The number of aromatic amines is 2. The quantitative estimate of drug-likeness (QED) is 0.428. The number of H-pyrrole nitrogens is 2. The van der Waals surface area contributed by atoms with E-state index in [1.807, 2.05) is 0 Å². The molecule has 1 heterocycles. The van der Waals surface area contributed by atoms with Crippen molar-refractivity contribution in [3.63, 3.8) is 0 Å². The summed E-state index contributed by atoms with van der Waals surface area (Å²) in [6.07, 6.45) is 0. The van der Waals surface area contributed by atoms with E-state index < -0.39 is 27.3 Å². The lowest BCUT2D eigenvalue weighted by Crippen LogP contribution is -2.28. The minimum absolute atomic E-state index is 0.0388. The molecule has 1 aromatic heterocycles. The molecule has 0 saturated heterocycles. The van der Waals surface area contributed by atoms with Crippen LogP contribution in [0.2, 0.25) is 0 Å². The van der Waals surface area contributed by atoms with Crippen LogP contribution in [0.3, 0.4) is 0 Å². The zero-order valence-corrected chi connectivity index (χ0v) is 10.1. The molecular formula is C11H9N3O5. The minimum Gasteiger partial charge on any atom is -0.317 e. The second kappa shape index (κ2) is 4.16. The Labute approximate surface area is 104 Å². The van der Waals surface area contributed by atoms with Gasteiger partial charge in [-0.05, 0) is 25.5 Å². The fourth-order valence-corrected chi connectivity index (χ4v) is 1.86. The predicted octanol–water partition coefficient (Wildman–Crippen LogP) is 0.102. The summed E-state index contributed by atoms with van der Waals surface area (Å²) >= 11 is 0. The lowest BCUT2D eigenvalue weighted by atomic mass is 10.0. The van der Waals surface area contributed by atoms with Crippen LogP contribution in [-0.2, 0) is 0 Å². The Morgan fingerprint density at radius 1 is 1.05 bits per heavy atom. The van der Waals surface area contributed by atoms with Gasteiger partial charge in [0.05, 0.1) is 10.4 Å². The van der Waals surface area contributed by atoms with E-state index in [9.17, 15) is 24.5 Å². The maximum absolute atomic E-state index is 11.8. The summed E-state index contributed by atoms with van der Waals surface area (Å²) in [5, 5.41) is 10.8. The van der Waals surface area contributed by atoms with Crippen LogP contribution in [0.5, 0.6) is 0 Å². The second-order valence-corrected chi connectivity index (χ2v) is 4.08. The first-order valence-electron chi connectivity index (χ1n) is 5.28. The number of rotatable bonds is 1. The largest absolute Gasteiger partial charge is 0.317 e. The summed E-state index contributed by atoms with van der Waals surface area (Å²) in [5.41, 5.74) is -2.76. The fraction of sp³-hybridized carbons (Fsp3) is 0.182. The summed E-state index contributed by atoms with van der Waals surface area (Å²) in [6.45, 7) is 3.11. The number of hydrogen-bond donors (Lipinski definition) is 2. The van der Waals surface area contributed by atoms with Crippen LogP contribution in [-0.4, -0.2) is 14.9 Å². The van der Waals surface area contributed by atoms with Crippen LogP contribution in [0.4, 0.5) is 5.69 Å². The standard InChI is InChI=1S/C11H9N3O5/c1-4-3-6-7(8(5(4)2)14(18)19)9(15)13-11(17)10(16)12-6/h3H,1-2H3,(H2,12,13,15,16,17). The van der Waals surface area contributed by atoms with Gasteiger partial charge >= 0.3 is 11.1 Å². The summed E-state index contributed by atoms with van der Waals surface area (Å²) in [7, 11) is 0. The van der Waals surface area contributed by atoms with E-state index in [2.05, 4.69) is 4.98 Å². The molecule has 98 valence electrons. The van der Waals surface area contributed by atoms with Gasteiger partial charge in [-0.2, -0.15) is 0 Å². The fourth-order valence-electron chi connectivity index (χ4n) is 1.86. The zero-order valence-electron chi connectivity index (χ0n) is 10.1. The SMILES string of the molecule is Cc1cc2[nH]c(=O)c(=O)[nH]c(=O)c2c([N+](=O)[O-])c1C. The van der Waals surface area contributed by atoms with Crippen molar-refractivity contribution in [1.29, 1.82) is 0 Å². The number of aryl methyl sites for hydroxylation is 1. The molecule has 2 rings (SSSR count). The highest BCUT2D eigenvalue weighted by atomic mass is 16.6. The molecule has 0 radical (unpaired) electrons. The number of nitro benzene ring substituents is 1. The van der Waals surface area contributed by atoms with Crippen LogP contribution >= 0.6 is 0 Å². The number of nitrogens with zero attached hydrogens (tertiary/aromatic N) is 1. The van der Waals surface area contributed by atoms with Gasteiger partial charge in [-0.25, -0.2) is 0 Å². The highest BCUT2D eigenvalue weighted by Gasteiger charge is 2.21. The van der Waals surface area contributed by atoms with Crippen molar-refractivity contribution in [2.75, 3.05) is 0 Å². The number of benzene rings is 1. The second-order valence-electron chi connectivity index (χ2n) is 4.08. The Bertz CT molecular complexity index is 878. The third-order valence-electron chi connectivity index (χ3n) is 2.90. The molecule has 0 bridgehead atoms.